The summed E-state index contributed by atoms with van der Waals surface area (Å²) in [7, 11) is 3.25. The predicted molar refractivity (Wildman–Crippen MR) is 88.6 cm³/mol. The van der Waals surface area contributed by atoms with Crippen LogP contribution in [0.4, 0.5) is 0 Å². The fourth-order valence-corrected chi connectivity index (χ4v) is 3.17. The van der Waals surface area contributed by atoms with E-state index in [0.29, 0.717) is 12.2 Å². The smallest absolute Gasteiger partial charge is 0.276 e. The Bertz CT molecular complexity index is 710. The maximum atomic E-state index is 12.6. The number of hydrogen-bond donors (Lipinski definition) is 1. The molecule has 1 saturated carbocycles. The van der Waals surface area contributed by atoms with Crippen molar-refractivity contribution in [2.75, 3.05) is 14.2 Å². The van der Waals surface area contributed by atoms with Gasteiger partial charge in [0.15, 0.2) is 11.5 Å². The molecule has 3 rings (SSSR count). The second-order valence-corrected chi connectivity index (χ2v) is 6.27. The Morgan fingerprint density at radius 2 is 2.04 bits per heavy atom. The average Bonchev–Trinajstić information content (AvgIpc) is 3.21. The van der Waals surface area contributed by atoms with Crippen molar-refractivity contribution in [2.24, 2.45) is 0 Å². The Morgan fingerprint density at radius 3 is 2.67 bits per heavy atom. The molecule has 0 unspecified atom stereocenters. The topological polar surface area (TPSA) is 75.8 Å². The standard InChI is InChI=1S/C18H22N2O4/c1-11-4-6-12(7-5-11)16-10-13(19-24-16)18(22)20(2)14-8-9-15(23-3)17(14)21/h4-7,10,14-15,17,21H,8-9H2,1-3H3/t14-,15-,17-/m1/s1. The first kappa shape index (κ1) is 16.7. The van der Waals surface area contributed by atoms with Gasteiger partial charge < -0.3 is 19.3 Å². The van der Waals surface area contributed by atoms with Crippen molar-refractivity contribution in [2.45, 2.75) is 38.0 Å². The van der Waals surface area contributed by atoms with E-state index in [2.05, 4.69) is 5.16 Å². The number of carbonyl (C=O) groups is 1. The number of ether oxygens (including phenoxy) is 1. The number of benzene rings is 1. The maximum absolute atomic E-state index is 12.6. The molecule has 1 fully saturated rings. The molecule has 1 aliphatic carbocycles. The van der Waals surface area contributed by atoms with Gasteiger partial charge in [0.25, 0.3) is 5.91 Å². The highest BCUT2D eigenvalue weighted by atomic mass is 16.5. The molecular formula is C18H22N2O4. The van der Waals surface area contributed by atoms with Gasteiger partial charge in [-0.25, -0.2) is 0 Å². The lowest BCUT2D eigenvalue weighted by Crippen LogP contribution is -2.44. The number of hydrogen-bond acceptors (Lipinski definition) is 5. The second kappa shape index (κ2) is 6.75. The Hall–Kier alpha value is -2.18. The molecule has 1 aromatic carbocycles. The number of nitrogens with zero attached hydrogens (tertiary/aromatic N) is 2. The molecule has 1 heterocycles. The quantitative estimate of drug-likeness (QED) is 0.930. The van der Waals surface area contributed by atoms with Crippen LogP contribution < -0.4 is 0 Å². The van der Waals surface area contributed by atoms with Crippen LogP contribution >= 0.6 is 0 Å². The third-order valence-electron chi connectivity index (χ3n) is 4.71. The summed E-state index contributed by atoms with van der Waals surface area (Å²) in [5, 5.41) is 14.2. The number of aliphatic hydroxyl groups excluding tert-OH is 1. The van der Waals surface area contributed by atoms with Gasteiger partial charge >= 0.3 is 0 Å². The Balaban J connectivity index is 1.75. The fraction of sp³-hybridized carbons (Fsp3) is 0.444. The number of aromatic nitrogens is 1. The second-order valence-electron chi connectivity index (χ2n) is 6.27. The van der Waals surface area contributed by atoms with E-state index in [1.165, 1.54) is 4.90 Å². The zero-order valence-corrected chi connectivity index (χ0v) is 14.1. The minimum absolute atomic E-state index is 0.231. The predicted octanol–water partition coefficient (Wildman–Crippen LogP) is 2.26. The van der Waals surface area contributed by atoms with Gasteiger partial charge in [-0.2, -0.15) is 0 Å². The van der Waals surface area contributed by atoms with E-state index in [9.17, 15) is 9.90 Å². The highest BCUT2D eigenvalue weighted by molar-refractivity contribution is 5.93. The molecule has 1 aliphatic rings. The van der Waals surface area contributed by atoms with Crippen LogP contribution in [0.25, 0.3) is 11.3 Å². The number of aryl methyl sites for hydroxylation is 1. The summed E-state index contributed by atoms with van der Waals surface area (Å²) in [5.41, 5.74) is 2.26. The molecule has 6 heteroatoms. The number of aliphatic hydroxyl groups is 1. The van der Waals surface area contributed by atoms with E-state index in [0.717, 1.165) is 17.5 Å². The van der Waals surface area contributed by atoms with E-state index in [1.807, 2.05) is 31.2 Å². The summed E-state index contributed by atoms with van der Waals surface area (Å²) in [6.07, 6.45) is 0.510. The van der Waals surface area contributed by atoms with E-state index < -0.39 is 6.10 Å². The van der Waals surface area contributed by atoms with E-state index in [-0.39, 0.29) is 23.7 Å². The van der Waals surface area contributed by atoms with Gasteiger partial charge in [0.2, 0.25) is 0 Å². The largest absolute Gasteiger partial charge is 0.388 e. The molecule has 2 aromatic rings. The summed E-state index contributed by atoms with van der Waals surface area (Å²) >= 11 is 0. The van der Waals surface area contributed by atoms with Crippen LogP contribution in [0, 0.1) is 6.92 Å². The zero-order valence-electron chi connectivity index (χ0n) is 14.1. The van der Waals surface area contributed by atoms with Crippen molar-refractivity contribution in [1.82, 2.24) is 10.1 Å². The third kappa shape index (κ3) is 3.07. The first-order valence-corrected chi connectivity index (χ1v) is 8.03. The Morgan fingerprint density at radius 1 is 1.33 bits per heavy atom. The number of likely N-dealkylation sites (N-methyl/N-ethyl adjacent to an activating group) is 1. The molecule has 0 saturated heterocycles. The van der Waals surface area contributed by atoms with Crippen LogP contribution in [0.1, 0.15) is 28.9 Å². The molecule has 128 valence electrons. The van der Waals surface area contributed by atoms with Crippen LogP contribution in [0.3, 0.4) is 0 Å². The highest BCUT2D eigenvalue weighted by Crippen LogP contribution is 2.27. The molecule has 1 N–H and O–H groups in total. The van der Waals surface area contributed by atoms with Gasteiger partial charge in [-0.3, -0.25) is 4.79 Å². The summed E-state index contributed by atoms with van der Waals surface area (Å²) < 4.78 is 10.5. The van der Waals surface area contributed by atoms with Crippen molar-refractivity contribution < 1.29 is 19.2 Å². The van der Waals surface area contributed by atoms with Crippen molar-refractivity contribution >= 4 is 5.91 Å². The summed E-state index contributed by atoms with van der Waals surface area (Å²) in [5.74, 6) is 0.284. The normalized spacial score (nSPS) is 23.4. The monoisotopic (exact) mass is 330 g/mol. The lowest BCUT2D eigenvalue weighted by Gasteiger charge is -2.27. The van der Waals surface area contributed by atoms with Gasteiger partial charge in [0.05, 0.1) is 12.1 Å². The van der Waals surface area contributed by atoms with E-state index in [4.69, 9.17) is 9.26 Å². The summed E-state index contributed by atoms with van der Waals surface area (Å²) in [4.78, 5) is 14.2. The number of rotatable bonds is 4. The number of carbonyl (C=O) groups excluding carboxylic acids is 1. The minimum atomic E-state index is -0.688. The van der Waals surface area contributed by atoms with Crippen molar-refractivity contribution in [1.29, 1.82) is 0 Å². The minimum Gasteiger partial charge on any atom is -0.388 e. The molecule has 3 atom stereocenters. The highest BCUT2D eigenvalue weighted by Gasteiger charge is 2.39. The van der Waals surface area contributed by atoms with Gasteiger partial charge in [-0.1, -0.05) is 35.0 Å². The SMILES string of the molecule is CO[C@@H]1CC[C@@H](N(C)C(=O)c2cc(-c3ccc(C)cc3)on2)[C@H]1O. The van der Waals surface area contributed by atoms with Crippen molar-refractivity contribution in [3.05, 3.63) is 41.6 Å². The molecule has 6 nitrogen and oxygen atoms in total. The average molecular weight is 330 g/mol. The zero-order chi connectivity index (χ0) is 17.3. The van der Waals surface area contributed by atoms with Crippen LogP contribution in [0.15, 0.2) is 34.9 Å². The fourth-order valence-electron chi connectivity index (χ4n) is 3.17. The molecule has 0 bridgehead atoms. The summed E-state index contributed by atoms with van der Waals surface area (Å²) in [6, 6.07) is 9.17. The van der Waals surface area contributed by atoms with Crippen LogP contribution in [0.5, 0.6) is 0 Å². The number of methoxy groups -OCH3 is 1. The molecule has 0 aliphatic heterocycles. The van der Waals surface area contributed by atoms with Gasteiger partial charge in [-0.15, -0.1) is 0 Å². The van der Waals surface area contributed by atoms with Crippen LogP contribution in [0.2, 0.25) is 0 Å². The first-order valence-electron chi connectivity index (χ1n) is 8.03. The molecule has 24 heavy (non-hydrogen) atoms. The van der Waals surface area contributed by atoms with E-state index >= 15 is 0 Å². The van der Waals surface area contributed by atoms with Crippen LogP contribution in [-0.2, 0) is 4.74 Å². The van der Waals surface area contributed by atoms with E-state index in [1.54, 1.807) is 20.2 Å². The van der Waals surface area contributed by atoms with Crippen LogP contribution in [-0.4, -0.2) is 53.5 Å². The first-order chi connectivity index (χ1) is 11.5. The molecule has 0 spiro atoms. The molecular weight excluding hydrogens is 308 g/mol. The van der Waals surface area contributed by atoms with Crippen molar-refractivity contribution in [3.8, 4) is 11.3 Å². The number of amides is 1. The molecule has 0 radical (unpaired) electrons. The maximum Gasteiger partial charge on any atom is 0.276 e. The van der Waals surface area contributed by atoms with Gasteiger partial charge in [0.1, 0.15) is 6.10 Å². The molecule has 1 aromatic heterocycles. The van der Waals surface area contributed by atoms with Crippen molar-refractivity contribution in [3.63, 3.8) is 0 Å². The Kier molecular flexibility index (Phi) is 4.69. The van der Waals surface area contributed by atoms with Gasteiger partial charge in [0, 0.05) is 25.8 Å². The Labute approximate surface area is 141 Å². The lowest BCUT2D eigenvalue weighted by molar-refractivity contribution is -0.0157. The molecule has 1 amide bonds. The lowest BCUT2D eigenvalue weighted by atomic mass is 10.1. The summed E-state index contributed by atoms with van der Waals surface area (Å²) in [6.45, 7) is 2.01. The van der Waals surface area contributed by atoms with Gasteiger partial charge in [-0.05, 0) is 19.8 Å². The third-order valence-corrected chi connectivity index (χ3v) is 4.71.